The van der Waals surface area contributed by atoms with E-state index in [-0.39, 0.29) is 5.91 Å². The van der Waals surface area contributed by atoms with Gasteiger partial charge in [0.05, 0.1) is 12.4 Å². The Bertz CT molecular complexity index is 479. The highest BCUT2D eigenvalue weighted by molar-refractivity contribution is 5.91. The monoisotopic (exact) mass is 290 g/mol. The minimum absolute atomic E-state index is 0.201. The van der Waals surface area contributed by atoms with Crippen molar-refractivity contribution in [2.45, 2.75) is 0 Å². The van der Waals surface area contributed by atoms with E-state index >= 15 is 0 Å². The summed E-state index contributed by atoms with van der Waals surface area (Å²) in [4.78, 5) is 24.7. The van der Waals surface area contributed by atoms with Gasteiger partial charge in [-0.05, 0) is 5.92 Å². The zero-order valence-electron chi connectivity index (χ0n) is 12.4. The summed E-state index contributed by atoms with van der Waals surface area (Å²) in [5, 5.41) is 5.87. The van der Waals surface area contributed by atoms with Crippen molar-refractivity contribution < 1.29 is 4.79 Å². The van der Waals surface area contributed by atoms with Gasteiger partial charge in [0.2, 0.25) is 0 Å². The van der Waals surface area contributed by atoms with Gasteiger partial charge < -0.3 is 15.5 Å². The molecular formula is C14H22N6O. The van der Waals surface area contributed by atoms with Crippen molar-refractivity contribution in [2.24, 2.45) is 5.92 Å². The number of hydrogen-bond acceptors (Lipinski definition) is 6. The lowest BCUT2D eigenvalue weighted by atomic mass is 10.0. The molecule has 0 aromatic carbocycles. The van der Waals surface area contributed by atoms with Crippen molar-refractivity contribution in [2.75, 3.05) is 57.8 Å². The second kappa shape index (κ2) is 6.36. The Kier molecular flexibility index (Phi) is 4.31. The average Bonchev–Trinajstić information content (AvgIpc) is 2.51. The van der Waals surface area contributed by atoms with Crippen LogP contribution >= 0.6 is 0 Å². The number of carbonyl (C=O) groups excluding carboxylic acids is 1. The molecule has 21 heavy (non-hydrogen) atoms. The van der Waals surface area contributed by atoms with Crippen molar-refractivity contribution in [3.63, 3.8) is 0 Å². The molecule has 0 radical (unpaired) electrons. The summed E-state index contributed by atoms with van der Waals surface area (Å²) in [5.41, 5.74) is 0.359. The first-order valence-electron chi connectivity index (χ1n) is 7.48. The molecule has 1 aromatic heterocycles. The molecule has 3 heterocycles. The third-order valence-electron chi connectivity index (χ3n) is 4.18. The predicted octanol–water partition coefficient (Wildman–Crippen LogP) is -0.822. The summed E-state index contributed by atoms with van der Waals surface area (Å²) >= 11 is 0. The molecule has 0 unspecified atom stereocenters. The summed E-state index contributed by atoms with van der Waals surface area (Å²) in [6, 6.07) is 0. The Morgan fingerprint density at radius 1 is 1.29 bits per heavy atom. The molecule has 7 heteroatoms. The second-order valence-corrected chi connectivity index (χ2v) is 5.65. The van der Waals surface area contributed by atoms with E-state index in [1.54, 1.807) is 19.4 Å². The van der Waals surface area contributed by atoms with Crippen LogP contribution in [-0.4, -0.2) is 73.6 Å². The van der Waals surface area contributed by atoms with Gasteiger partial charge in [-0.1, -0.05) is 0 Å². The van der Waals surface area contributed by atoms with Crippen LogP contribution in [0.1, 0.15) is 10.5 Å². The predicted molar refractivity (Wildman–Crippen MR) is 80.4 cm³/mol. The van der Waals surface area contributed by atoms with Gasteiger partial charge in [-0.2, -0.15) is 0 Å². The topological polar surface area (TPSA) is 73.4 Å². The molecule has 7 nitrogen and oxygen atoms in total. The Hall–Kier alpha value is -1.73. The van der Waals surface area contributed by atoms with Crippen LogP contribution in [0.3, 0.4) is 0 Å². The number of anilines is 1. The van der Waals surface area contributed by atoms with Crippen molar-refractivity contribution in [1.29, 1.82) is 0 Å². The average molecular weight is 290 g/mol. The fourth-order valence-electron chi connectivity index (χ4n) is 2.73. The molecule has 3 rings (SSSR count). The molecule has 0 spiro atoms. The van der Waals surface area contributed by atoms with E-state index in [1.165, 1.54) is 6.54 Å². The number of carbonyl (C=O) groups is 1. The third kappa shape index (κ3) is 3.30. The molecule has 2 aliphatic heterocycles. The Labute approximate surface area is 124 Å². The lowest BCUT2D eigenvalue weighted by Crippen LogP contribution is -2.53. The van der Waals surface area contributed by atoms with Gasteiger partial charge in [-0.25, -0.2) is 9.97 Å². The van der Waals surface area contributed by atoms with E-state index in [9.17, 15) is 4.79 Å². The molecular weight excluding hydrogens is 268 g/mol. The lowest BCUT2D eigenvalue weighted by molar-refractivity contribution is 0.0958. The second-order valence-electron chi connectivity index (χ2n) is 5.65. The zero-order valence-corrected chi connectivity index (χ0v) is 12.4. The van der Waals surface area contributed by atoms with E-state index in [2.05, 4.69) is 30.4 Å². The highest BCUT2D eigenvalue weighted by atomic mass is 16.1. The van der Waals surface area contributed by atoms with Gasteiger partial charge in [0.15, 0.2) is 0 Å². The van der Waals surface area contributed by atoms with Crippen LogP contribution in [-0.2, 0) is 0 Å². The van der Waals surface area contributed by atoms with E-state index in [0.29, 0.717) is 5.69 Å². The minimum Gasteiger partial charge on any atom is -0.354 e. The fraction of sp³-hybridized carbons (Fsp3) is 0.643. The maximum absolute atomic E-state index is 11.4. The van der Waals surface area contributed by atoms with Crippen LogP contribution in [0.4, 0.5) is 5.82 Å². The number of rotatable bonds is 4. The maximum Gasteiger partial charge on any atom is 0.271 e. The minimum atomic E-state index is -0.201. The van der Waals surface area contributed by atoms with Crippen molar-refractivity contribution in [3.05, 3.63) is 18.1 Å². The van der Waals surface area contributed by atoms with E-state index < -0.39 is 0 Å². The molecule has 0 aliphatic carbocycles. The van der Waals surface area contributed by atoms with Crippen molar-refractivity contribution in [3.8, 4) is 0 Å². The first-order valence-corrected chi connectivity index (χ1v) is 7.48. The summed E-state index contributed by atoms with van der Waals surface area (Å²) in [5.74, 6) is 1.48. The molecule has 0 atom stereocenters. The number of amides is 1. The number of piperazine rings is 1. The van der Waals surface area contributed by atoms with E-state index in [0.717, 1.165) is 51.0 Å². The van der Waals surface area contributed by atoms with Gasteiger partial charge in [0.25, 0.3) is 5.91 Å². The number of hydrogen-bond donors (Lipinski definition) is 2. The molecule has 1 aromatic rings. The Morgan fingerprint density at radius 3 is 2.57 bits per heavy atom. The van der Waals surface area contributed by atoms with Gasteiger partial charge in [-0.3, -0.25) is 9.69 Å². The Balaban J connectivity index is 1.52. The smallest absolute Gasteiger partial charge is 0.271 e. The first kappa shape index (κ1) is 14.2. The van der Waals surface area contributed by atoms with Gasteiger partial charge >= 0.3 is 0 Å². The largest absolute Gasteiger partial charge is 0.354 e. The molecule has 2 fully saturated rings. The first-order chi connectivity index (χ1) is 10.3. The van der Waals surface area contributed by atoms with Crippen LogP contribution < -0.4 is 15.5 Å². The summed E-state index contributed by atoms with van der Waals surface area (Å²) in [7, 11) is 1.59. The standard InChI is InChI=1S/C14H22N6O/c1-15-14(21)12-8-18-13(9-17-12)20-4-2-19(3-5-20)10-11-6-16-7-11/h8-9,11,16H,2-7,10H2,1H3,(H,15,21). The molecule has 0 saturated carbocycles. The van der Waals surface area contributed by atoms with Crippen molar-refractivity contribution >= 4 is 11.7 Å². The van der Waals surface area contributed by atoms with Crippen LogP contribution in [0.2, 0.25) is 0 Å². The third-order valence-corrected chi connectivity index (χ3v) is 4.18. The van der Waals surface area contributed by atoms with Gasteiger partial charge in [0, 0.05) is 52.9 Å². The number of aromatic nitrogens is 2. The normalized spacial score (nSPS) is 20.1. The quantitative estimate of drug-likeness (QED) is 0.755. The zero-order chi connectivity index (χ0) is 14.7. The molecule has 2 aliphatic rings. The van der Waals surface area contributed by atoms with Gasteiger partial charge in [0.1, 0.15) is 11.5 Å². The van der Waals surface area contributed by atoms with Crippen LogP contribution in [0, 0.1) is 5.92 Å². The molecule has 2 saturated heterocycles. The van der Waals surface area contributed by atoms with Crippen LogP contribution in [0.5, 0.6) is 0 Å². The maximum atomic E-state index is 11.4. The number of nitrogens with one attached hydrogen (secondary N) is 2. The highest BCUT2D eigenvalue weighted by Gasteiger charge is 2.24. The van der Waals surface area contributed by atoms with Crippen LogP contribution in [0.25, 0.3) is 0 Å². The highest BCUT2D eigenvalue weighted by Crippen LogP contribution is 2.14. The van der Waals surface area contributed by atoms with Crippen molar-refractivity contribution in [1.82, 2.24) is 25.5 Å². The Morgan fingerprint density at radius 2 is 2.05 bits per heavy atom. The van der Waals surface area contributed by atoms with Gasteiger partial charge in [-0.15, -0.1) is 0 Å². The summed E-state index contributed by atoms with van der Waals surface area (Å²) < 4.78 is 0. The molecule has 1 amide bonds. The van der Waals surface area contributed by atoms with E-state index in [1.807, 2.05) is 0 Å². The summed E-state index contributed by atoms with van der Waals surface area (Å²) in [6.45, 7) is 7.58. The summed E-state index contributed by atoms with van der Waals surface area (Å²) in [6.07, 6.45) is 3.23. The number of nitrogens with zero attached hydrogens (tertiary/aromatic N) is 4. The molecule has 2 N–H and O–H groups in total. The molecule has 114 valence electrons. The molecule has 0 bridgehead atoms. The van der Waals surface area contributed by atoms with Crippen LogP contribution in [0.15, 0.2) is 12.4 Å². The van der Waals surface area contributed by atoms with E-state index in [4.69, 9.17) is 0 Å². The fourth-order valence-corrected chi connectivity index (χ4v) is 2.73. The lowest BCUT2D eigenvalue weighted by Gasteiger charge is -2.39. The SMILES string of the molecule is CNC(=O)c1cnc(N2CCN(CC3CNC3)CC2)cn1.